The van der Waals surface area contributed by atoms with E-state index in [0.717, 1.165) is 5.56 Å². The average Bonchev–Trinajstić information content (AvgIpc) is 1.88. The van der Waals surface area contributed by atoms with E-state index in [4.69, 9.17) is 5.11 Å². The number of carbonyl (C=O) groups is 1. The summed E-state index contributed by atoms with van der Waals surface area (Å²) in [7, 11) is 0. The van der Waals surface area contributed by atoms with Crippen LogP contribution in [0.4, 0.5) is 0 Å². The number of rotatable bonds is 1. The number of hydrogen-bond donors (Lipinski definition) is 1. The number of aryl methyl sites for hydroxylation is 1. The average molecular weight is 275 g/mol. The second kappa shape index (κ2) is 4.70. The van der Waals surface area contributed by atoms with Gasteiger partial charge in [-0.15, -0.1) is 0 Å². The molecular formula is C8H8LaO2. The molecule has 0 heterocycles. The fraction of sp³-hybridized carbons (Fsp3) is 0.125. The predicted octanol–water partition coefficient (Wildman–Crippen LogP) is 1.69. The molecule has 0 spiro atoms. The number of carboxylic acids is 1. The van der Waals surface area contributed by atoms with Crippen molar-refractivity contribution < 1.29 is 45.5 Å². The van der Waals surface area contributed by atoms with Gasteiger partial charge in [0.15, 0.2) is 0 Å². The van der Waals surface area contributed by atoms with Crippen LogP contribution in [0.1, 0.15) is 15.9 Å². The summed E-state index contributed by atoms with van der Waals surface area (Å²) in [5, 5.41) is 8.57. The van der Waals surface area contributed by atoms with Crippen LogP contribution in [-0.4, -0.2) is 11.1 Å². The summed E-state index contributed by atoms with van der Waals surface area (Å²) in [6.45, 7) is 1.78. The zero-order valence-corrected chi connectivity index (χ0v) is 9.87. The van der Waals surface area contributed by atoms with Crippen molar-refractivity contribution in [2.24, 2.45) is 0 Å². The molecule has 0 saturated carbocycles. The third kappa shape index (κ3) is 2.77. The Balaban J connectivity index is 0.000001000. The normalized spacial score (nSPS) is 8.45. The van der Waals surface area contributed by atoms with Gasteiger partial charge in [0.25, 0.3) is 0 Å². The Bertz CT molecular complexity index is 258. The van der Waals surface area contributed by atoms with Gasteiger partial charge >= 0.3 is 5.97 Å². The van der Waals surface area contributed by atoms with E-state index in [1.807, 2.05) is 6.07 Å². The van der Waals surface area contributed by atoms with Gasteiger partial charge in [0.1, 0.15) is 0 Å². The second-order valence-corrected chi connectivity index (χ2v) is 2.12. The van der Waals surface area contributed by atoms with Gasteiger partial charge in [-0.2, -0.15) is 0 Å². The monoisotopic (exact) mass is 275 g/mol. The van der Waals surface area contributed by atoms with Crippen molar-refractivity contribution in [1.82, 2.24) is 0 Å². The van der Waals surface area contributed by atoms with Gasteiger partial charge in [-0.1, -0.05) is 18.2 Å². The Labute approximate surface area is 93.2 Å². The van der Waals surface area contributed by atoms with E-state index in [1.165, 1.54) is 0 Å². The van der Waals surface area contributed by atoms with Crippen LogP contribution in [0.5, 0.6) is 0 Å². The molecule has 3 heteroatoms. The molecule has 1 aromatic carbocycles. The number of hydrogen-bond acceptors (Lipinski definition) is 1. The van der Waals surface area contributed by atoms with E-state index in [1.54, 1.807) is 25.1 Å². The fourth-order valence-electron chi connectivity index (χ4n) is 0.813. The van der Waals surface area contributed by atoms with Crippen LogP contribution in [-0.2, 0) is 0 Å². The predicted molar refractivity (Wildman–Crippen MR) is 38.1 cm³/mol. The largest absolute Gasteiger partial charge is 0.478 e. The maximum absolute atomic E-state index is 10.4. The Kier molecular flexibility index (Phi) is 4.65. The van der Waals surface area contributed by atoms with E-state index >= 15 is 0 Å². The zero-order valence-electron chi connectivity index (χ0n) is 6.24. The van der Waals surface area contributed by atoms with Gasteiger partial charge < -0.3 is 5.11 Å². The SMILES string of the molecule is Cc1ccccc1C(=O)O.[La]. The molecule has 0 aliphatic carbocycles. The van der Waals surface area contributed by atoms with Gasteiger partial charge in [0.2, 0.25) is 0 Å². The van der Waals surface area contributed by atoms with Crippen molar-refractivity contribution in [3.8, 4) is 0 Å². The summed E-state index contributed by atoms with van der Waals surface area (Å²) in [4.78, 5) is 10.4. The maximum Gasteiger partial charge on any atom is 0.335 e. The quantitative estimate of drug-likeness (QED) is 0.846. The Morgan fingerprint density at radius 3 is 2.27 bits per heavy atom. The van der Waals surface area contributed by atoms with Crippen molar-refractivity contribution in [3.05, 3.63) is 35.4 Å². The van der Waals surface area contributed by atoms with Gasteiger partial charge in [0.05, 0.1) is 5.56 Å². The molecule has 0 unspecified atom stereocenters. The summed E-state index contributed by atoms with van der Waals surface area (Å²) in [6.07, 6.45) is 0. The molecule has 1 N–H and O–H groups in total. The second-order valence-electron chi connectivity index (χ2n) is 2.12. The smallest absolute Gasteiger partial charge is 0.335 e. The first kappa shape index (κ1) is 10.9. The molecule has 1 aromatic rings. The zero-order chi connectivity index (χ0) is 7.56. The molecular weight excluding hydrogens is 267 g/mol. The molecule has 0 aliphatic rings. The fourth-order valence-corrected chi connectivity index (χ4v) is 0.813. The van der Waals surface area contributed by atoms with Crippen LogP contribution in [0.15, 0.2) is 24.3 Å². The number of benzene rings is 1. The summed E-state index contributed by atoms with van der Waals surface area (Å²) < 4.78 is 0. The van der Waals surface area contributed by atoms with Crippen LogP contribution in [0, 0.1) is 42.5 Å². The maximum atomic E-state index is 10.4. The molecule has 11 heavy (non-hydrogen) atoms. The summed E-state index contributed by atoms with van der Waals surface area (Å²) >= 11 is 0. The summed E-state index contributed by atoms with van der Waals surface area (Å²) in [5.74, 6) is -0.863. The molecule has 0 amide bonds. The Morgan fingerprint density at radius 1 is 1.36 bits per heavy atom. The molecule has 0 fully saturated rings. The van der Waals surface area contributed by atoms with E-state index in [-0.39, 0.29) is 35.6 Å². The molecule has 0 saturated heterocycles. The molecule has 55 valence electrons. The summed E-state index contributed by atoms with van der Waals surface area (Å²) in [6, 6.07) is 6.92. The molecule has 2 nitrogen and oxygen atoms in total. The summed E-state index contributed by atoms with van der Waals surface area (Å²) in [5.41, 5.74) is 1.18. The third-order valence-corrected chi connectivity index (χ3v) is 1.38. The van der Waals surface area contributed by atoms with Gasteiger partial charge in [-0.05, 0) is 18.6 Å². The van der Waals surface area contributed by atoms with Crippen LogP contribution in [0.3, 0.4) is 0 Å². The minimum absolute atomic E-state index is 0. The van der Waals surface area contributed by atoms with Crippen molar-refractivity contribution in [1.29, 1.82) is 0 Å². The molecule has 0 atom stereocenters. The molecule has 0 bridgehead atoms. The minimum Gasteiger partial charge on any atom is -0.478 e. The van der Waals surface area contributed by atoms with Gasteiger partial charge in [-0.3, -0.25) is 0 Å². The van der Waals surface area contributed by atoms with Crippen LogP contribution < -0.4 is 0 Å². The van der Waals surface area contributed by atoms with Crippen molar-refractivity contribution >= 4 is 5.97 Å². The molecule has 1 radical (unpaired) electrons. The first-order valence-electron chi connectivity index (χ1n) is 3.01. The van der Waals surface area contributed by atoms with E-state index in [0.29, 0.717) is 5.56 Å². The van der Waals surface area contributed by atoms with Gasteiger partial charge in [-0.25, -0.2) is 4.79 Å². The van der Waals surface area contributed by atoms with Crippen LogP contribution in [0.2, 0.25) is 0 Å². The number of aromatic carboxylic acids is 1. The van der Waals surface area contributed by atoms with Crippen molar-refractivity contribution in [3.63, 3.8) is 0 Å². The minimum atomic E-state index is -0.863. The van der Waals surface area contributed by atoms with E-state index < -0.39 is 5.97 Å². The molecule has 1 rings (SSSR count). The Morgan fingerprint density at radius 2 is 1.91 bits per heavy atom. The van der Waals surface area contributed by atoms with Crippen LogP contribution >= 0.6 is 0 Å². The first-order valence-corrected chi connectivity index (χ1v) is 3.01. The van der Waals surface area contributed by atoms with E-state index in [2.05, 4.69) is 0 Å². The van der Waals surface area contributed by atoms with Crippen LogP contribution in [0.25, 0.3) is 0 Å². The Hall–Kier alpha value is -0.115. The van der Waals surface area contributed by atoms with Gasteiger partial charge in [0, 0.05) is 35.6 Å². The van der Waals surface area contributed by atoms with E-state index in [9.17, 15) is 4.79 Å². The topological polar surface area (TPSA) is 37.3 Å². The number of carboxylic acid groups (broad SMARTS) is 1. The third-order valence-electron chi connectivity index (χ3n) is 1.38. The molecule has 0 aromatic heterocycles. The molecule has 0 aliphatic heterocycles. The van der Waals surface area contributed by atoms with Crippen molar-refractivity contribution in [2.45, 2.75) is 6.92 Å². The first-order chi connectivity index (χ1) is 4.72. The van der Waals surface area contributed by atoms with Crippen molar-refractivity contribution in [2.75, 3.05) is 0 Å². The standard InChI is InChI=1S/C8H8O2.La/c1-6-4-2-3-5-7(6)8(9)10;/h2-5H,1H3,(H,9,10);.